The third kappa shape index (κ3) is 2.90. The molecule has 0 unspecified atom stereocenters. The average Bonchev–Trinajstić information content (AvgIpc) is 3.02. The Morgan fingerprint density at radius 3 is 2.47 bits per heavy atom. The van der Waals surface area contributed by atoms with Crippen LogP contribution in [0.4, 0.5) is 17.6 Å². The van der Waals surface area contributed by atoms with Crippen LogP contribution in [0.2, 0.25) is 5.02 Å². The Kier molecular flexibility index (Phi) is 3.32. The van der Waals surface area contributed by atoms with Crippen molar-refractivity contribution in [2.24, 2.45) is 0 Å². The number of alkyl halides is 3. The highest BCUT2D eigenvalue weighted by Crippen LogP contribution is 2.35. The minimum Gasteiger partial charge on any atom is -0.310 e. The number of hydrogen-bond donors (Lipinski definition) is 1. The Morgan fingerprint density at radius 2 is 1.94 bits per heavy atom. The Bertz CT molecular complexity index is 426. The van der Waals surface area contributed by atoms with Crippen LogP contribution in [0.25, 0.3) is 0 Å². The number of halogens is 5. The molecule has 0 aliphatic heterocycles. The molecular weight excluding hydrogens is 258 g/mol. The van der Waals surface area contributed by atoms with Gasteiger partial charge in [0.15, 0.2) is 0 Å². The molecule has 1 aromatic rings. The van der Waals surface area contributed by atoms with Crippen LogP contribution in [0.15, 0.2) is 12.1 Å². The van der Waals surface area contributed by atoms with E-state index in [4.69, 9.17) is 11.6 Å². The highest BCUT2D eigenvalue weighted by atomic mass is 35.5. The van der Waals surface area contributed by atoms with Crippen LogP contribution in [0, 0.1) is 5.82 Å². The van der Waals surface area contributed by atoms with Gasteiger partial charge in [-0.3, -0.25) is 0 Å². The van der Waals surface area contributed by atoms with Crippen LogP contribution in [-0.4, -0.2) is 6.04 Å². The van der Waals surface area contributed by atoms with E-state index in [1.54, 1.807) is 0 Å². The van der Waals surface area contributed by atoms with Crippen molar-refractivity contribution in [2.45, 2.75) is 31.6 Å². The maximum atomic E-state index is 13.6. The monoisotopic (exact) mass is 267 g/mol. The summed E-state index contributed by atoms with van der Waals surface area (Å²) < 4.78 is 51.6. The minimum absolute atomic E-state index is 0.147. The molecule has 0 aromatic heterocycles. The van der Waals surface area contributed by atoms with Crippen LogP contribution in [0.1, 0.15) is 24.0 Å². The molecule has 0 saturated heterocycles. The summed E-state index contributed by atoms with van der Waals surface area (Å²) in [5.74, 6) is -0.991. The van der Waals surface area contributed by atoms with Crippen molar-refractivity contribution in [3.63, 3.8) is 0 Å². The molecule has 1 aliphatic carbocycles. The van der Waals surface area contributed by atoms with E-state index in [2.05, 4.69) is 5.32 Å². The maximum Gasteiger partial charge on any atom is 0.416 e. The smallest absolute Gasteiger partial charge is 0.310 e. The first-order valence-corrected chi connectivity index (χ1v) is 5.55. The van der Waals surface area contributed by atoms with E-state index in [0.29, 0.717) is 0 Å². The molecule has 0 spiro atoms. The van der Waals surface area contributed by atoms with E-state index in [9.17, 15) is 17.6 Å². The Hall–Kier alpha value is -0.810. The van der Waals surface area contributed by atoms with E-state index in [1.165, 1.54) is 0 Å². The van der Waals surface area contributed by atoms with Crippen molar-refractivity contribution in [2.75, 3.05) is 0 Å². The summed E-state index contributed by atoms with van der Waals surface area (Å²) in [6.07, 6.45) is -2.72. The summed E-state index contributed by atoms with van der Waals surface area (Å²) in [6.45, 7) is -0.147. The lowest BCUT2D eigenvalue weighted by Gasteiger charge is -2.14. The van der Waals surface area contributed by atoms with E-state index >= 15 is 0 Å². The summed E-state index contributed by atoms with van der Waals surface area (Å²) in [4.78, 5) is 0. The van der Waals surface area contributed by atoms with Gasteiger partial charge in [-0.25, -0.2) is 4.39 Å². The third-order valence-corrected chi connectivity index (χ3v) is 2.94. The standard InChI is InChI=1S/C11H10ClF4N/c12-9-4-3-8(11(14,15)16)7(10(9)13)5-17-6-1-2-6/h3-4,6,17H,1-2,5H2. The Morgan fingerprint density at radius 1 is 1.29 bits per heavy atom. The molecule has 1 saturated carbocycles. The summed E-state index contributed by atoms with van der Waals surface area (Å²) >= 11 is 5.50. The van der Waals surface area contributed by atoms with E-state index in [0.717, 1.165) is 25.0 Å². The fourth-order valence-corrected chi connectivity index (χ4v) is 1.74. The van der Waals surface area contributed by atoms with Crippen molar-refractivity contribution in [3.8, 4) is 0 Å². The van der Waals surface area contributed by atoms with Crippen molar-refractivity contribution in [3.05, 3.63) is 34.1 Å². The molecule has 0 atom stereocenters. The van der Waals surface area contributed by atoms with E-state index < -0.39 is 23.1 Å². The van der Waals surface area contributed by atoms with Gasteiger partial charge in [-0.05, 0) is 25.0 Å². The van der Waals surface area contributed by atoms with Gasteiger partial charge in [-0.1, -0.05) is 11.6 Å². The summed E-state index contributed by atoms with van der Waals surface area (Å²) in [6, 6.07) is 1.95. The van der Waals surface area contributed by atoms with E-state index in [-0.39, 0.29) is 17.6 Å². The minimum atomic E-state index is -4.56. The molecule has 17 heavy (non-hydrogen) atoms. The average molecular weight is 268 g/mol. The molecule has 1 aromatic carbocycles. The van der Waals surface area contributed by atoms with Crippen LogP contribution in [0.3, 0.4) is 0 Å². The SMILES string of the molecule is Fc1c(Cl)ccc(C(F)(F)F)c1CNC1CC1. The molecule has 1 nitrogen and oxygen atoms in total. The molecule has 1 fully saturated rings. The van der Waals surface area contributed by atoms with Gasteiger partial charge in [0.1, 0.15) is 5.82 Å². The molecule has 94 valence electrons. The lowest BCUT2D eigenvalue weighted by Crippen LogP contribution is -2.20. The van der Waals surface area contributed by atoms with Crippen LogP contribution in [0.5, 0.6) is 0 Å². The number of nitrogens with one attached hydrogen (secondary N) is 1. The summed E-state index contributed by atoms with van der Waals surface area (Å²) in [5.41, 5.74) is -1.37. The number of benzene rings is 1. The van der Waals surface area contributed by atoms with Gasteiger partial charge in [0.05, 0.1) is 10.6 Å². The molecular formula is C11H10ClF4N. The molecule has 0 amide bonds. The largest absolute Gasteiger partial charge is 0.416 e. The topological polar surface area (TPSA) is 12.0 Å². The van der Waals surface area contributed by atoms with Crippen LogP contribution in [-0.2, 0) is 12.7 Å². The second-order valence-electron chi connectivity index (χ2n) is 4.04. The zero-order valence-electron chi connectivity index (χ0n) is 8.74. The molecule has 0 bridgehead atoms. The van der Waals surface area contributed by atoms with Crippen LogP contribution < -0.4 is 5.32 Å². The van der Waals surface area contributed by atoms with Crippen molar-refractivity contribution in [1.82, 2.24) is 5.32 Å². The van der Waals surface area contributed by atoms with Gasteiger partial charge in [-0.2, -0.15) is 13.2 Å². The van der Waals surface area contributed by atoms with Gasteiger partial charge in [0, 0.05) is 18.2 Å². The van der Waals surface area contributed by atoms with Crippen LogP contribution >= 0.6 is 11.6 Å². The number of rotatable bonds is 3. The Labute approximate surface area is 101 Å². The first-order chi connectivity index (χ1) is 7.89. The molecule has 6 heteroatoms. The predicted molar refractivity (Wildman–Crippen MR) is 56.3 cm³/mol. The fraction of sp³-hybridized carbons (Fsp3) is 0.455. The Balaban J connectivity index is 2.32. The first-order valence-electron chi connectivity index (χ1n) is 5.17. The second-order valence-corrected chi connectivity index (χ2v) is 4.45. The molecule has 1 aliphatic rings. The zero-order valence-corrected chi connectivity index (χ0v) is 9.50. The molecule has 0 heterocycles. The van der Waals surface area contributed by atoms with Gasteiger partial charge in [0.2, 0.25) is 0 Å². The molecule has 2 rings (SSSR count). The van der Waals surface area contributed by atoms with Gasteiger partial charge >= 0.3 is 6.18 Å². The van der Waals surface area contributed by atoms with E-state index in [1.807, 2.05) is 0 Å². The molecule has 0 radical (unpaired) electrons. The lowest BCUT2D eigenvalue weighted by atomic mass is 10.1. The van der Waals surface area contributed by atoms with Crippen molar-refractivity contribution < 1.29 is 17.6 Å². The highest BCUT2D eigenvalue weighted by molar-refractivity contribution is 6.30. The van der Waals surface area contributed by atoms with Crippen molar-refractivity contribution >= 4 is 11.6 Å². The fourth-order valence-electron chi connectivity index (χ4n) is 1.56. The van der Waals surface area contributed by atoms with Gasteiger partial charge < -0.3 is 5.32 Å². The maximum absolute atomic E-state index is 13.6. The first kappa shape index (κ1) is 12.6. The van der Waals surface area contributed by atoms with Crippen molar-refractivity contribution in [1.29, 1.82) is 0 Å². The van der Waals surface area contributed by atoms with Gasteiger partial charge in [-0.15, -0.1) is 0 Å². The predicted octanol–water partition coefficient (Wildman–Crippen LogP) is 3.75. The van der Waals surface area contributed by atoms with Gasteiger partial charge in [0.25, 0.3) is 0 Å². The highest BCUT2D eigenvalue weighted by Gasteiger charge is 2.35. The summed E-state index contributed by atoms with van der Waals surface area (Å²) in [7, 11) is 0. The normalized spacial score (nSPS) is 16.3. The number of hydrogen-bond acceptors (Lipinski definition) is 1. The second kappa shape index (κ2) is 4.46. The lowest BCUT2D eigenvalue weighted by molar-refractivity contribution is -0.138. The molecule has 1 N–H and O–H groups in total. The zero-order chi connectivity index (χ0) is 12.6. The summed E-state index contributed by atoms with van der Waals surface area (Å²) in [5, 5.41) is 2.57. The third-order valence-electron chi connectivity index (χ3n) is 2.65. The quantitative estimate of drug-likeness (QED) is 0.823.